The third-order valence-electron chi connectivity index (χ3n) is 4.28. The summed E-state index contributed by atoms with van der Waals surface area (Å²) in [7, 11) is 0. The highest BCUT2D eigenvalue weighted by Gasteiger charge is 2.32. The number of unbranched alkanes of at least 4 members (excludes halogenated alkanes) is 3. The van der Waals surface area contributed by atoms with Gasteiger partial charge in [-0.05, 0) is 30.5 Å². The molecule has 1 amide bonds. The van der Waals surface area contributed by atoms with E-state index >= 15 is 0 Å². The van der Waals surface area contributed by atoms with Crippen molar-refractivity contribution in [2.45, 2.75) is 77.7 Å². The van der Waals surface area contributed by atoms with Crippen LogP contribution in [0.2, 0.25) is 0 Å². The number of hydrogen-bond acceptors (Lipinski definition) is 2. The second kappa shape index (κ2) is 9.50. The molecule has 0 fully saturated rings. The van der Waals surface area contributed by atoms with E-state index in [9.17, 15) is 9.90 Å². The average molecular weight is 305 g/mol. The van der Waals surface area contributed by atoms with E-state index in [1.807, 2.05) is 19.1 Å². The first-order valence-corrected chi connectivity index (χ1v) is 8.68. The molecule has 0 aromatic heterocycles. The van der Waals surface area contributed by atoms with Gasteiger partial charge in [-0.2, -0.15) is 0 Å². The van der Waals surface area contributed by atoms with E-state index in [0.29, 0.717) is 6.42 Å². The molecule has 3 nitrogen and oxygen atoms in total. The van der Waals surface area contributed by atoms with E-state index in [4.69, 9.17) is 0 Å². The van der Waals surface area contributed by atoms with Gasteiger partial charge in [-0.15, -0.1) is 0 Å². The van der Waals surface area contributed by atoms with Gasteiger partial charge in [0.25, 0.3) is 0 Å². The SMILES string of the molecule is CCCCCC(CCCC)(NC(=O)CC)c1ccc(O)cc1. The lowest BCUT2D eigenvalue weighted by Crippen LogP contribution is -2.45. The van der Waals surface area contributed by atoms with Crippen molar-refractivity contribution in [2.24, 2.45) is 0 Å². The van der Waals surface area contributed by atoms with Crippen LogP contribution in [0.1, 0.15) is 77.7 Å². The molecule has 0 aliphatic rings. The molecule has 0 aliphatic heterocycles. The fraction of sp³-hybridized carbons (Fsp3) is 0.632. The van der Waals surface area contributed by atoms with Crippen molar-refractivity contribution >= 4 is 5.91 Å². The van der Waals surface area contributed by atoms with E-state index in [1.165, 1.54) is 12.8 Å². The lowest BCUT2D eigenvalue weighted by atomic mass is 9.80. The summed E-state index contributed by atoms with van der Waals surface area (Å²) in [5.74, 6) is 0.365. The first-order chi connectivity index (χ1) is 10.6. The zero-order valence-corrected chi connectivity index (χ0v) is 14.3. The predicted molar refractivity (Wildman–Crippen MR) is 91.9 cm³/mol. The van der Waals surface area contributed by atoms with E-state index < -0.39 is 0 Å². The normalized spacial score (nSPS) is 13.6. The third kappa shape index (κ3) is 5.36. The van der Waals surface area contributed by atoms with Crippen LogP contribution < -0.4 is 5.32 Å². The molecule has 0 radical (unpaired) electrons. The van der Waals surface area contributed by atoms with E-state index in [1.54, 1.807) is 12.1 Å². The van der Waals surface area contributed by atoms with Gasteiger partial charge in [-0.3, -0.25) is 4.79 Å². The first kappa shape index (κ1) is 18.5. The Morgan fingerprint density at radius 2 is 1.59 bits per heavy atom. The molecule has 1 aromatic carbocycles. The molecular weight excluding hydrogens is 274 g/mol. The topological polar surface area (TPSA) is 49.3 Å². The van der Waals surface area contributed by atoms with Crippen molar-refractivity contribution in [1.82, 2.24) is 5.32 Å². The van der Waals surface area contributed by atoms with Gasteiger partial charge < -0.3 is 10.4 Å². The van der Waals surface area contributed by atoms with Crippen LogP contribution in [0.5, 0.6) is 5.75 Å². The van der Waals surface area contributed by atoms with Crippen molar-refractivity contribution in [3.63, 3.8) is 0 Å². The summed E-state index contributed by atoms with van der Waals surface area (Å²) in [5, 5.41) is 12.8. The van der Waals surface area contributed by atoms with Crippen LogP contribution in [0.3, 0.4) is 0 Å². The van der Waals surface area contributed by atoms with E-state index in [0.717, 1.165) is 37.7 Å². The van der Waals surface area contributed by atoms with Crippen LogP contribution >= 0.6 is 0 Å². The van der Waals surface area contributed by atoms with Gasteiger partial charge in [0.05, 0.1) is 5.54 Å². The zero-order chi connectivity index (χ0) is 16.4. The van der Waals surface area contributed by atoms with Crippen molar-refractivity contribution in [3.05, 3.63) is 29.8 Å². The predicted octanol–water partition coefficient (Wildman–Crippen LogP) is 4.88. The summed E-state index contributed by atoms with van der Waals surface area (Å²) in [6.45, 7) is 6.26. The van der Waals surface area contributed by atoms with Gasteiger partial charge >= 0.3 is 0 Å². The smallest absolute Gasteiger partial charge is 0.220 e. The van der Waals surface area contributed by atoms with E-state index in [-0.39, 0.29) is 17.2 Å². The van der Waals surface area contributed by atoms with Gasteiger partial charge in [0.15, 0.2) is 0 Å². The highest BCUT2D eigenvalue weighted by molar-refractivity contribution is 5.76. The van der Waals surface area contributed by atoms with Crippen LogP contribution in [-0.2, 0) is 10.3 Å². The minimum atomic E-state index is -0.300. The van der Waals surface area contributed by atoms with Gasteiger partial charge in [0.1, 0.15) is 5.75 Å². The number of nitrogens with one attached hydrogen (secondary N) is 1. The lowest BCUT2D eigenvalue weighted by molar-refractivity contribution is -0.123. The monoisotopic (exact) mass is 305 g/mol. The summed E-state index contributed by atoms with van der Waals surface area (Å²) >= 11 is 0. The number of amides is 1. The molecule has 124 valence electrons. The number of carbonyl (C=O) groups excluding carboxylic acids is 1. The number of aromatic hydroxyl groups is 1. The molecule has 1 unspecified atom stereocenters. The van der Waals surface area contributed by atoms with Crippen LogP contribution in [0, 0.1) is 0 Å². The second-order valence-corrected chi connectivity index (χ2v) is 6.09. The molecular formula is C19H31NO2. The number of phenolic OH excluding ortho intramolecular Hbond substituents is 1. The van der Waals surface area contributed by atoms with Crippen molar-refractivity contribution in [2.75, 3.05) is 0 Å². The van der Waals surface area contributed by atoms with Gasteiger partial charge in [-0.25, -0.2) is 0 Å². The highest BCUT2D eigenvalue weighted by atomic mass is 16.3. The molecule has 3 heteroatoms. The van der Waals surface area contributed by atoms with Crippen molar-refractivity contribution in [1.29, 1.82) is 0 Å². The molecule has 22 heavy (non-hydrogen) atoms. The van der Waals surface area contributed by atoms with Gasteiger partial charge in [0, 0.05) is 6.42 Å². The maximum atomic E-state index is 12.1. The maximum absolute atomic E-state index is 12.1. The van der Waals surface area contributed by atoms with Gasteiger partial charge in [-0.1, -0.05) is 65.0 Å². The zero-order valence-electron chi connectivity index (χ0n) is 14.3. The molecule has 1 rings (SSSR count). The van der Waals surface area contributed by atoms with Crippen LogP contribution in [0.4, 0.5) is 0 Å². The van der Waals surface area contributed by atoms with Crippen LogP contribution in [0.15, 0.2) is 24.3 Å². The molecule has 0 aliphatic carbocycles. The molecule has 0 bridgehead atoms. The molecule has 0 saturated carbocycles. The lowest BCUT2D eigenvalue weighted by Gasteiger charge is -2.36. The average Bonchev–Trinajstić information content (AvgIpc) is 2.53. The minimum absolute atomic E-state index is 0.0978. The fourth-order valence-corrected chi connectivity index (χ4v) is 2.90. The Hall–Kier alpha value is -1.51. The Morgan fingerprint density at radius 1 is 1.00 bits per heavy atom. The summed E-state index contributed by atoms with van der Waals surface area (Å²) in [6, 6.07) is 7.33. The summed E-state index contributed by atoms with van der Waals surface area (Å²) in [6.07, 6.45) is 8.04. The van der Waals surface area contributed by atoms with Crippen molar-refractivity contribution < 1.29 is 9.90 Å². The molecule has 0 spiro atoms. The number of benzene rings is 1. The molecule has 0 saturated heterocycles. The summed E-state index contributed by atoms with van der Waals surface area (Å²) in [4.78, 5) is 12.1. The Bertz CT molecular complexity index is 441. The summed E-state index contributed by atoms with van der Waals surface area (Å²) < 4.78 is 0. The fourth-order valence-electron chi connectivity index (χ4n) is 2.90. The molecule has 2 N–H and O–H groups in total. The maximum Gasteiger partial charge on any atom is 0.220 e. The number of rotatable bonds is 10. The minimum Gasteiger partial charge on any atom is -0.508 e. The molecule has 1 aromatic rings. The Balaban J connectivity index is 3.09. The second-order valence-electron chi connectivity index (χ2n) is 6.09. The molecule has 0 heterocycles. The standard InChI is InChI=1S/C19H31NO2/c1-4-7-9-15-19(14-8-5-2,20-18(22)6-3)16-10-12-17(21)13-11-16/h10-13,21H,4-9,14-15H2,1-3H3,(H,20,22). The summed E-state index contributed by atoms with van der Waals surface area (Å²) in [5.41, 5.74) is 0.808. The highest BCUT2D eigenvalue weighted by Crippen LogP contribution is 2.34. The quantitative estimate of drug-likeness (QED) is 0.605. The van der Waals surface area contributed by atoms with E-state index in [2.05, 4.69) is 19.2 Å². The number of hydrogen-bond donors (Lipinski definition) is 2. The third-order valence-corrected chi connectivity index (χ3v) is 4.28. The Kier molecular flexibility index (Phi) is 8.00. The Labute approximate surface area is 135 Å². The first-order valence-electron chi connectivity index (χ1n) is 8.68. The number of phenols is 1. The molecule has 1 atom stereocenters. The largest absolute Gasteiger partial charge is 0.508 e. The van der Waals surface area contributed by atoms with Crippen LogP contribution in [0.25, 0.3) is 0 Å². The van der Waals surface area contributed by atoms with Crippen LogP contribution in [-0.4, -0.2) is 11.0 Å². The van der Waals surface area contributed by atoms with Crippen molar-refractivity contribution in [3.8, 4) is 5.75 Å². The Morgan fingerprint density at radius 3 is 2.14 bits per heavy atom. The number of carbonyl (C=O) groups is 1. The van der Waals surface area contributed by atoms with Gasteiger partial charge in [0.2, 0.25) is 5.91 Å².